The molecule has 0 spiro atoms. The Hall–Kier alpha value is -2.91. The maximum absolute atomic E-state index is 12.6. The molecule has 2 amide bonds. The molecule has 0 radical (unpaired) electrons. The lowest BCUT2D eigenvalue weighted by atomic mass is 10.1. The van der Waals surface area contributed by atoms with Crippen LogP contribution < -0.4 is 15.0 Å². The number of anilines is 2. The second-order valence-corrected chi connectivity index (χ2v) is 9.54. The van der Waals surface area contributed by atoms with E-state index in [1.54, 1.807) is 23.1 Å². The van der Waals surface area contributed by atoms with Gasteiger partial charge in [-0.15, -0.1) is 0 Å². The summed E-state index contributed by atoms with van der Waals surface area (Å²) in [5, 5.41) is 2.80. The maximum Gasteiger partial charge on any atom is 0.265 e. The molecule has 2 aromatic rings. The normalized spacial score (nSPS) is 16.7. The van der Waals surface area contributed by atoms with Gasteiger partial charge in [0, 0.05) is 37.0 Å². The summed E-state index contributed by atoms with van der Waals surface area (Å²) in [6, 6.07) is 11.1. The van der Waals surface area contributed by atoms with Crippen LogP contribution in [0.2, 0.25) is 0 Å². The van der Waals surface area contributed by atoms with Crippen molar-refractivity contribution in [3.63, 3.8) is 0 Å². The molecule has 2 aliphatic rings. The van der Waals surface area contributed by atoms with Crippen LogP contribution in [0.15, 0.2) is 47.4 Å². The summed E-state index contributed by atoms with van der Waals surface area (Å²) < 4.78 is 32.2. The third-order valence-electron chi connectivity index (χ3n) is 5.43. The molecule has 2 heterocycles. The van der Waals surface area contributed by atoms with Crippen molar-refractivity contribution in [3.8, 4) is 5.75 Å². The SMILES string of the molecule is CCCN1C(=O)COc2cc(NC(=O)c3ccc(S(=O)(=O)N4CCCC4)cc3)ccc21. The number of nitrogens with zero attached hydrogens (tertiary/aromatic N) is 2. The Morgan fingerprint density at radius 2 is 1.81 bits per heavy atom. The van der Waals surface area contributed by atoms with Crippen molar-refractivity contribution in [2.75, 3.05) is 36.5 Å². The number of rotatable bonds is 6. The number of ether oxygens (including phenoxy) is 1. The molecule has 4 rings (SSSR count). The molecule has 164 valence electrons. The van der Waals surface area contributed by atoms with Crippen molar-refractivity contribution in [2.45, 2.75) is 31.1 Å². The first-order chi connectivity index (χ1) is 14.9. The van der Waals surface area contributed by atoms with Crippen molar-refractivity contribution < 1.29 is 22.7 Å². The Balaban J connectivity index is 1.48. The van der Waals surface area contributed by atoms with Gasteiger partial charge in [-0.3, -0.25) is 9.59 Å². The topological polar surface area (TPSA) is 96.0 Å². The molecular weight excluding hydrogens is 418 g/mol. The molecule has 0 saturated carbocycles. The van der Waals surface area contributed by atoms with Crippen LogP contribution in [0.3, 0.4) is 0 Å². The van der Waals surface area contributed by atoms with Crippen molar-refractivity contribution >= 4 is 33.2 Å². The van der Waals surface area contributed by atoms with Crippen LogP contribution >= 0.6 is 0 Å². The molecular formula is C22H25N3O5S. The highest BCUT2D eigenvalue weighted by molar-refractivity contribution is 7.89. The Kier molecular flexibility index (Phi) is 5.97. The standard InChI is InChI=1S/C22H25N3O5S/c1-2-11-25-19-10-7-17(14-20(19)30-15-21(25)26)23-22(27)16-5-8-18(9-6-16)31(28,29)24-12-3-4-13-24/h5-10,14H,2-4,11-13,15H2,1H3,(H,23,27). The fourth-order valence-corrected chi connectivity index (χ4v) is 5.33. The van der Waals surface area contributed by atoms with Gasteiger partial charge in [0.05, 0.1) is 10.6 Å². The lowest BCUT2D eigenvalue weighted by Crippen LogP contribution is -2.39. The van der Waals surface area contributed by atoms with Gasteiger partial charge < -0.3 is 15.0 Å². The highest BCUT2D eigenvalue weighted by Crippen LogP contribution is 2.34. The number of hydrogen-bond donors (Lipinski definition) is 1. The van der Waals surface area contributed by atoms with Gasteiger partial charge in [0.2, 0.25) is 10.0 Å². The molecule has 0 aliphatic carbocycles. The Morgan fingerprint density at radius 3 is 2.48 bits per heavy atom. The van der Waals surface area contributed by atoms with E-state index in [1.165, 1.54) is 28.6 Å². The number of hydrogen-bond acceptors (Lipinski definition) is 5. The molecule has 9 heteroatoms. The minimum atomic E-state index is -3.51. The third-order valence-corrected chi connectivity index (χ3v) is 7.34. The first kappa shape index (κ1) is 21.3. The first-order valence-electron chi connectivity index (χ1n) is 10.4. The van der Waals surface area contributed by atoms with Gasteiger partial charge in [-0.1, -0.05) is 6.92 Å². The van der Waals surface area contributed by atoms with Crippen LogP contribution in [-0.2, 0) is 14.8 Å². The maximum atomic E-state index is 12.6. The number of sulfonamides is 1. The van der Waals surface area contributed by atoms with Crippen LogP contribution in [0, 0.1) is 0 Å². The summed E-state index contributed by atoms with van der Waals surface area (Å²) >= 11 is 0. The zero-order valence-electron chi connectivity index (χ0n) is 17.3. The molecule has 0 unspecified atom stereocenters. The smallest absolute Gasteiger partial charge is 0.265 e. The summed E-state index contributed by atoms with van der Waals surface area (Å²) in [5.41, 5.74) is 1.57. The van der Waals surface area contributed by atoms with E-state index in [-0.39, 0.29) is 23.3 Å². The quantitative estimate of drug-likeness (QED) is 0.741. The average molecular weight is 444 g/mol. The zero-order valence-corrected chi connectivity index (χ0v) is 18.2. The number of nitrogens with one attached hydrogen (secondary N) is 1. The highest BCUT2D eigenvalue weighted by Gasteiger charge is 2.27. The van der Waals surface area contributed by atoms with Crippen molar-refractivity contribution in [2.24, 2.45) is 0 Å². The fraction of sp³-hybridized carbons (Fsp3) is 0.364. The summed E-state index contributed by atoms with van der Waals surface area (Å²) in [6.07, 6.45) is 2.57. The number of benzene rings is 2. The molecule has 31 heavy (non-hydrogen) atoms. The summed E-state index contributed by atoms with van der Waals surface area (Å²) in [4.78, 5) is 26.6. The molecule has 0 aromatic heterocycles. The fourth-order valence-electron chi connectivity index (χ4n) is 3.81. The lowest BCUT2D eigenvalue weighted by molar-refractivity contribution is -0.121. The van der Waals surface area contributed by atoms with E-state index in [0.29, 0.717) is 42.3 Å². The molecule has 1 N–H and O–H groups in total. The van der Waals surface area contributed by atoms with Crippen LogP contribution in [0.5, 0.6) is 5.75 Å². The van der Waals surface area contributed by atoms with Crippen LogP contribution in [0.1, 0.15) is 36.5 Å². The third kappa shape index (κ3) is 4.28. The number of carbonyl (C=O) groups is 2. The largest absolute Gasteiger partial charge is 0.481 e. The number of carbonyl (C=O) groups excluding carboxylic acids is 2. The monoisotopic (exact) mass is 443 g/mol. The predicted octanol–water partition coefficient (Wildman–Crippen LogP) is 2.86. The summed E-state index contributed by atoms with van der Waals surface area (Å²) in [7, 11) is -3.51. The Bertz CT molecular complexity index is 1090. The van der Waals surface area contributed by atoms with E-state index in [1.807, 2.05) is 6.92 Å². The van der Waals surface area contributed by atoms with Gasteiger partial charge in [-0.2, -0.15) is 4.31 Å². The average Bonchev–Trinajstić information content (AvgIpc) is 3.32. The van der Waals surface area contributed by atoms with Gasteiger partial charge in [-0.05, 0) is 55.7 Å². The van der Waals surface area contributed by atoms with E-state index >= 15 is 0 Å². The van der Waals surface area contributed by atoms with Crippen LogP contribution in [0.25, 0.3) is 0 Å². The van der Waals surface area contributed by atoms with E-state index in [0.717, 1.165) is 19.3 Å². The summed E-state index contributed by atoms with van der Waals surface area (Å²) in [5.74, 6) is 0.0929. The minimum Gasteiger partial charge on any atom is -0.481 e. The van der Waals surface area contributed by atoms with Crippen molar-refractivity contribution in [3.05, 3.63) is 48.0 Å². The summed E-state index contributed by atoms with van der Waals surface area (Å²) in [6.45, 7) is 3.64. The Morgan fingerprint density at radius 1 is 1.10 bits per heavy atom. The van der Waals surface area contributed by atoms with Crippen LogP contribution in [-0.4, -0.2) is 50.8 Å². The number of fused-ring (bicyclic) bond motifs is 1. The molecule has 0 atom stereocenters. The van der Waals surface area contributed by atoms with E-state index in [2.05, 4.69) is 5.32 Å². The molecule has 1 saturated heterocycles. The predicted molar refractivity (Wildman–Crippen MR) is 117 cm³/mol. The van der Waals surface area contributed by atoms with Crippen molar-refractivity contribution in [1.82, 2.24) is 4.31 Å². The van der Waals surface area contributed by atoms with E-state index in [4.69, 9.17) is 4.74 Å². The molecule has 2 aromatic carbocycles. The molecule has 0 bridgehead atoms. The van der Waals surface area contributed by atoms with E-state index in [9.17, 15) is 18.0 Å². The van der Waals surface area contributed by atoms with Crippen LogP contribution in [0.4, 0.5) is 11.4 Å². The lowest BCUT2D eigenvalue weighted by Gasteiger charge is -2.29. The zero-order chi connectivity index (χ0) is 22.0. The van der Waals surface area contributed by atoms with Gasteiger partial charge in [-0.25, -0.2) is 8.42 Å². The Labute approximate surface area is 181 Å². The van der Waals surface area contributed by atoms with Crippen molar-refractivity contribution in [1.29, 1.82) is 0 Å². The second kappa shape index (κ2) is 8.68. The minimum absolute atomic E-state index is 0.0304. The first-order valence-corrected chi connectivity index (χ1v) is 11.8. The van der Waals surface area contributed by atoms with Gasteiger partial charge in [0.1, 0.15) is 5.75 Å². The highest BCUT2D eigenvalue weighted by atomic mass is 32.2. The number of amides is 2. The molecule has 2 aliphatic heterocycles. The van der Waals surface area contributed by atoms with Gasteiger partial charge in [0.15, 0.2) is 6.61 Å². The van der Waals surface area contributed by atoms with E-state index < -0.39 is 10.0 Å². The van der Waals surface area contributed by atoms with Gasteiger partial charge >= 0.3 is 0 Å². The molecule has 1 fully saturated rings. The molecule has 8 nitrogen and oxygen atoms in total. The second-order valence-electron chi connectivity index (χ2n) is 7.61. The van der Waals surface area contributed by atoms with Gasteiger partial charge in [0.25, 0.3) is 11.8 Å².